The second kappa shape index (κ2) is 8.86. The summed E-state index contributed by atoms with van der Waals surface area (Å²) in [6.45, 7) is 0.787. The fraction of sp³-hybridized carbons (Fsp3) is 0.190. The summed E-state index contributed by atoms with van der Waals surface area (Å²) in [7, 11) is 3.39. The van der Waals surface area contributed by atoms with Gasteiger partial charge in [0.1, 0.15) is 18.7 Å². The van der Waals surface area contributed by atoms with Gasteiger partial charge >= 0.3 is 0 Å². The number of aryl methyl sites for hydroxylation is 1. The Kier molecular flexibility index (Phi) is 5.45. The number of nitrogens with zero attached hydrogens (tertiary/aromatic N) is 9. The number of hydrogen-bond donors (Lipinski definition) is 0. The fourth-order valence-electron chi connectivity index (χ4n) is 3.24. The Morgan fingerprint density at radius 1 is 1.12 bits per heavy atom. The summed E-state index contributed by atoms with van der Waals surface area (Å²) in [5.41, 5.74) is 3.31. The first-order valence-corrected chi connectivity index (χ1v) is 9.97. The van der Waals surface area contributed by atoms with E-state index < -0.39 is 0 Å². The van der Waals surface area contributed by atoms with Crippen molar-refractivity contribution in [3.8, 4) is 34.5 Å². The molecule has 5 aromatic rings. The Balaban J connectivity index is 1.35. The van der Waals surface area contributed by atoms with Crippen molar-refractivity contribution in [2.75, 3.05) is 7.11 Å². The van der Waals surface area contributed by atoms with E-state index in [1.54, 1.807) is 47.3 Å². The molecule has 0 aliphatic rings. The average Bonchev–Trinajstić information content (AvgIpc) is 3.60. The predicted molar refractivity (Wildman–Crippen MR) is 114 cm³/mol. The molecule has 12 heteroatoms. The third-order valence-electron chi connectivity index (χ3n) is 4.93. The molecule has 166 valence electrons. The molecule has 0 N–H and O–H groups in total. The van der Waals surface area contributed by atoms with Crippen molar-refractivity contribution in [2.24, 2.45) is 7.05 Å². The van der Waals surface area contributed by atoms with E-state index >= 15 is 0 Å². The summed E-state index contributed by atoms with van der Waals surface area (Å²) in [5.74, 6) is 1.95. The van der Waals surface area contributed by atoms with Gasteiger partial charge < -0.3 is 14.0 Å². The van der Waals surface area contributed by atoms with E-state index in [1.165, 1.54) is 0 Å². The zero-order valence-electron chi connectivity index (χ0n) is 17.9. The van der Waals surface area contributed by atoms with Gasteiger partial charge in [-0.1, -0.05) is 23.4 Å². The van der Waals surface area contributed by atoms with Crippen LogP contribution in [0, 0.1) is 0 Å². The van der Waals surface area contributed by atoms with Crippen LogP contribution in [0.25, 0.3) is 22.8 Å². The summed E-state index contributed by atoms with van der Waals surface area (Å²) in [4.78, 5) is 8.72. The van der Waals surface area contributed by atoms with E-state index in [4.69, 9.17) is 14.0 Å². The highest BCUT2D eigenvalue weighted by Gasteiger charge is 2.18. The highest BCUT2D eigenvalue weighted by molar-refractivity contribution is 5.61. The van der Waals surface area contributed by atoms with Gasteiger partial charge in [0, 0.05) is 18.7 Å². The number of pyridine rings is 1. The van der Waals surface area contributed by atoms with Crippen LogP contribution in [0.3, 0.4) is 0 Å². The Morgan fingerprint density at radius 2 is 2.06 bits per heavy atom. The molecule has 0 aliphatic heterocycles. The number of ether oxygens (including phenoxy) is 2. The highest BCUT2D eigenvalue weighted by atomic mass is 16.5. The number of methoxy groups -OCH3 is 1. The normalized spacial score (nSPS) is 11.0. The van der Waals surface area contributed by atoms with Crippen molar-refractivity contribution in [1.82, 2.24) is 45.1 Å². The van der Waals surface area contributed by atoms with Crippen molar-refractivity contribution < 1.29 is 14.0 Å². The standard InChI is InChI=1S/C21H19N9O3/c1-29-18(12-32-16-6-7-19(31-2)22-9-16)17(10-24-29)21-25-20(26-33-21)15-5-3-4-14(8-15)11-30-13-23-27-28-30/h3-10,13H,11-12H2,1-2H3. The van der Waals surface area contributed by atoms with Crippen LogP contribution in [0.1, 0.15) is 11.3 Å². The van der Waals surface area contributed by atoms with Crippen molar-refractivity contribution in [3.63, 3.8) is 0 Å². The summed E-state index contributed by atoms with van der Waals surface area (Å²) in [6, 6.07) is 11.3. The van der Waals surface area contributed by atoms with E-state index in [2.05, 4.69) is 35.7 Å². The number of hydrogen-bond acceptors (Lipinski definition) is 10. The van der Waals surface area contributed by atoms with Crippen LogP contribution in [-0.4, -0.2) is 52.2 Å². The van der Waals surface area contributed by atoms with Gasteiger partial charge in [0.25, 0.3) is 5.89 Å². The maximum absolute atomic E-state index is 5.86. The Morgan fingerprint density at radius 3 is 2.85 bits per heavy atom. The number of tetrazole rings is 1. The van der Waals surface area contributed by atoms with Crippen molar-refractivity contribution in [1.29, 1.82) is 0 Å². The first-order valence-electron chi connectivity index (χ1n) is 9.97. The highest BCUT2D eigenvalue weighted by Crippen LogP contribution is 2.26. The fourth-order valence-corrected chi connectivity index (χ4v) is 3.24. The van der Waals surface area contributed by atoms with Gasteiger partial charge in [-0.3, -0.25) is 4.68 Å². The lowest BCUT2D eigenvalue weighted by molar-refractivity contribution is 0.292. The zero-order chi connectivity index (χ0) is 22.6. The molecule has 0 saturated carbocycles. The molecule has 4 heterocycles. The van der Waals surface area contributed by atoms with Crippen LogP contribution in [0.5, 0.6) is 11.6 Å². The van der Waals surface area contributed by atoms with Crippen LogP contribution >= 0.6 is 0 Å². The summed E-state index contributed by atoms with van der Waals surface area (Å²) in [6.07, 6.45) is 4.84. The topological polar surface area (TPSA) is 132 Å². The molecular weight excluding hydrogens is 426 g/mol. The molecule has 0 radical (unpaired) electrons. The Hall–Kier alpha value is -4.61. The maximum Gasteiger partial charge on any atom is 0.261 e. The second-order valence-electron chi connectivity index (χ2n) is 7.08. The molecule has 0 unspecified atom stereocenters. The first kappa shape index (κ1) is 20.3. The van der Waals surface area contributed by atoms with Gasteiger partial charge in [0.15, 0.2) is 0 Å². The van der Waals surface area contributed by atoms with E-state index in [-0.39, 0.29) is 6.61 Å². The number of aromatic nitrogens is 9. The minimum atomic E-state index is 0.249. The van der Waals surface area contributed by atoms with Crippen LogP contribution in [0.4, 0.5) is 0 Å². The third-order valence-corrected chi connectivity index (χ3v) is 4.93. The molecule has 0 saturated heterocycles. The molecular formula is C21H19N9O3. The molecule has 1 aromatic carbocycles. The summed E-state index contributed by atoms with van der Waals surface area (Å²) >= 11 is 0. The van der Waals surface area contributed by atoms with Gasteiger partial charge in [-0.2, -0.15) is 10.1 Å². The monoisotopic (exact) mass is 445 g/mol. The molecule has 0 amide bonds. The van der Waals surface area contributed by atoms with E-state index in [0.717, 1.165) is 16.8 Å². The van der Waals surface area contributed by atoms with E-state index in [1.807, 2.05) is 31.3 Å². The number of rotatable bonds is 8. The molecule has 0 spiro atoms. The third kappa shape index (κ3) is 4.39. The molecule has 0 bridgehead atoms. The minimum absolute atomic E-state index is 0.249. The van der Waals surface area contributed by atoms with E-state index in [0.29, 0.717) is 35.5 Å². The lowest BCUT2D eigenvalue weighted by atomic mass is 10.1. The van der Waals surface area contributed by atoms with Crippen molar-refractivity contribution in [2.45, 2.75) is 13.2 Å². The molecule has 0 fully saturated rings. The van der Waals surface area contributed by atoms with Gasteiger partial charge in [-0.05, 0) is 28.1 Å². The molecule has 5 rings (SSSR count). The first-order chi connectivity index (χ1) is 16.2. The second-order valence-corrected chi connectivity index (χ2v) is 7.08. The van der Waals surface area contributed by atoms with Crippen LogP contribution in [-0.2, 0) is 20.2 Å². The SMILES string of the molecule is COc1ccc(OCc2c(-c3nc(-c4cccc(Cn5cnnn5)c4)no3)cnn2C)cn1. The average molecular weight is 445 g/mol. The smallest absolute Gasteiger partial charge is 0.261 e. The quantitative estimate of drug-likeness (QED) is 0.350. The Labute approximate surface area is 187 Å². The lowest BCUT2D eigenvalue weighted by Crippen LogP contribution is -2.04. The molecule has 0 aliphatic carbocycles. The zero-order valence-corrected chi connectivity index (χ0v) is 17.9. The van der Waals surface area contributed by atoms with Crippen LogP contribution in [0.15, 0.2) is 59.6 Å². The maximum atomic E-state index is 5.86. The van der Waals surface area contributed by atoms with Crippen molar-refractivity contribution in [3.05, 3.63) is 66.4 Å². The molecule has 33 heavy (non-hydrogen) atoms. The Bertz CT molecular complexity index is 1340. The van der Waals surface area contributed by atoms with Gasteiger partial charge in [-0.25, -0.2) is 9.67 Å². The predicted octanol–water partition coefficient (Wildman–Crippen LogP) is 2.15. The lowest BCUT2D eigenvalue weighted by Gasteiger charge is -2.08. The summed E-state index contributed by atoms with van der Waals surface area (Å²) < 4.78 is 19.8. The number of benzene rings is 1. The largest absolute Gasteiger partial charge is 0.486 e. The van der Waals surface area contributed by atoms with Gasteiger partial charge in [0.2, 0.25) is 11.7 Å². The van der Waals surface area contributed by atoms with Crippen molar-refractivity contribution >= 4 is 0 Å². The van der Waals surface area contributed by atoms with Crippen LogP contribution in [0.2, 0.25) is 0 Å². The van der Waals surface area contributed by atoms with E-state index in [9.17, 15) is 0 Å². The molecule has 12 nitrogen and oxygen atoms in total. The molecule has 0 atom stereocenters. The van der Waals surface area contributed by atoms with Crippen LogP contribution < -0.4 is 9.47 Å². The summed E-state index contributed by atoms with van der Waals surface area (Å²) in [5, 5.41) is 19.7. The molecule has 4 aromatic heterocycles. The minimum Gasteiger partial charge on any atom is -0.486 e. The van der Waals surface area contributed by atoms with Gasteiger partial charge in [0.05, 0.1) is 37.3 Å². The van der Waals surface area contributed by atoms with Gasteiger partial charge in [-0.15, -0.1) is 5.10 Å².